The van der Waals surface area contributed by atoms with Crippen molar-refractivity contribution in [2.45, 2.75) is 0 Å². The smallest absolute Gasteiger partial charge is 0.269 e. The zero-order valence-electron chi connectivity index (χ0n) is 14.5. The van der Waals surface area contributed by atoms with Crippen LogP contribution in [0.2, 0.25) is 0 Å². The molecule has 0 unspecified atom stereocenters. The fraction of sp³-hybridized carbons (Fsp3) is 0.158. The Hall–Kier alpha value is -2.93. The monoisotopic (exact) mass is 372 g/mol. The highest BCUT2D eigenvalue weighted by Gasteiger charge is 2.19. The van der Waals surface area contributed by atoms with Crippen LogP contribution >= 0.6 is 11.3 Å². The molecule has 0 atom stereocenters. The lowest BCUT2D eigenvalue weighted by molar-refractivity contribution is 0.0996. The van der Waals surface area contributed by atoms with E-state index < -0.39 is 0 Å². The second-order valence-corrected chi connectivity index (χ2v) is 6.44. The molecule has 0 aliphatic rings. The van der Waals surface area contributed by atoms with Gasteiger partial charge >= 0.3 is 0 Å². The molecular formula is C19H17FN2O3S. The number of anilines is 1. The predicted octanol–water partition coefficient (Wildman–Crippen LogP) is 4.24. The summed E-state index contributed by atoms with van der Waals surface area (Å²) in [5.41, 5.74) is 1.03. The zero-order chi connectivity index (χ0) is 18.7. The van der Waals surface area contributed by atoms with Crippen molar-refractivity contribution >= 4 is 22.9 Å². The summed E-state index contributed by atoms with van der Waals surface area (Å²) in [6.45, 7) is 0. The lowest BCUT2D eigenvalue weighted by atomic mass is 10.2. The van der Waals surface area contributed by atoms with Gasteiger partial charge in [0.15, 0.2) is 11.5 Å². The molecule has 2 aromatic carbocycles. The van der Waals surface area contributed by atoms with Crippen LogP contribution in [-0.2, 0) is 0 Å². The highest BCUT2D eigenvalue weighted by Crippen LogP contribution is 2.33. The van der Waals surface area contributed by atoms with Crippen LogP contribution in [0.15, 0.2) is 48.7 Å². The molecule has 0 saturated heterocycles. The molecule has 3 aromatic rings. The fourth-order valence-electron chi connectivity index (χ4n) is 2.45. The first-order valence-corrected chi connectivity index (χ1v) is 8.57. The van der Waals surface area contributed by atoms with Crippen LogP contribution < -0.4 is 14.4 Å². The predicted molar refractivity (Wildman–Crippen MR) is 99.8 cm³/mol. The largest absolute Gasteiger partial charge is 0.493 e. The maximum atomic E-state index is 13.9. The molecule has 0 saturated carbocycles. The van der Waals surface area contributed by atoms with Crippen molar-refractivity contribution < 1.29 is 18.7 Å². The molecule has 0 N–H and O–H groups in total. The number of methoxy groups -OCH3 is 2. The van der Waals surface area contributed by atoms with Crippen LogP contribution in [0.5, 0.6) is 11.5 Å². The van der Waals surface area contributed by atoms with Crippen molar-refractivity contribution in [2.75, 3.05) is 26.2 Å². The maximum absolute atomic E-state index is 13.9. The molecule has 0 bridgehead atoms. The summed E-state index contributed by atoms with van der Waals surface area (Å²) in [6.07, 6.45) is 1.46. The standard InChI is InChI=1S/C19H17FN2O3S/c1-22(12-8-9-15(24-2)16(10-12)25-3)19(23)17-11-21-18(26-17)13-6-4-5-7-14(13)20/h4-11H,1-3H3. The number of amides is 1. The Labute approximate surface area is 154 Å². The molecule has 0 spiro atoms. The summed E-state index contributed by atoms with van der Waals surface area (Å²) < 4.78 is 24.4. The average molecular weight is 372 g/mol. The van der Waals surface area contributed by atoms with E-state index in [-0.39, 0.29) is 11.7 Å². The van der Waals surface area contributed by atoms with Crippen molar-refractivity contribution in [3.05, 3.63) is 59.4 Å². The molecule has 26 heavy (non-hydrogen) atoms. The second-order valence-electron chi connectivity index (χ2n) is 5.41. The van der Waals surface area contributed by atoms with E-state index in [0.29, 0.717) is 32.6 Å². The molecule has 3 rings (SSSR count). The highest BCUT2D eigenvalue weighted by atomic mass is 32.1. The minimum Gasteiger partial charge on any atom is -0.493 e. The van der Waals surface area contributed by atoms with Gasteiger partial charge in [-0.05, 0) is 24.3 Å². The zero-order valence-corrected chi connectivity index (χ0v) is 15.3. The van der Waals surface area contributed by atoms with Crippen LogP contribution in [0.3, 0.4) is 0 Å². The minimum absolute atomic E-state index is 0.239. The van der Waals surface area contributed by atoms with Crippen molar-refractivity contribution in [1.29, 1.82) is 0 Å². The number of hydrogen-bond acceptors (Lipinski definition) is 5. The lowest BCUT2D eigenvalue weighted by Gasteiger charge is -2.18. The van der Waals surface area contributed by atoms with Gasteiger partial charge in [0.1, 0.15) is 15.7 Å². The molecular weight excluding hydrogens is 355 g/mol. The summed E-state index contributed by atoms with van der Waals surface area (Å²) in [4.78, 5) is 18.9. The van der Waals surface area contributed by atoms with Crippen LogP contribution in [0.25, 0.3) is 10.6 Å². The molecule has 1 amide bonds. The van der Waals surface area contributed by atoms with Crippen LogP contribution in [0.1, 0.15) is 9.67 Å². The molecule has 1 heterocycles. The Morgan fingerprint density at radius 3 is 2.54 bits per heavy atom. The van der Waals surface area contributed by atoms with Crippen molar-refractivity contribution in [1.82, 2.24) is 4.98 Å². The van der Waals surface area contributed by atoms with E-state index >= 15 is 0 Å². The van der Waals surface area contributed by atoms with Crippen LogP contribution in [0.4, 0.5) is 10.1 Å². The Kier molecular flexibility index (Phi) is 5.18. The van der Waals surface area contributed by atoms with Gasteiger partial charge in [-0.25, -0.2) is 9.37 Å². The summed E-state index contributed by atoms with van der Waals surface area (Å²) in [5, 5.41) is 0.465. The summed E-state index contributed by atoms with van der Waals surface area (Å²) in [5.74, 6) is 0.504. The van der Waals surface area contributed by atoms with Crippen molar-refractivity contribution in [2.24, 2.45) is 0 Å². The van der Waals surface area contributed by atoms with Crippen molar-refractivity contribution in [3.8, 4) is 22.1 Å². The number of aromatic nitrogens is 1. The van der Waals surface area contributed by atoms with Gasteiger partial charge in [0.25, 0.3) is 5.91 Å². The third-order valence-corrected chi connectivity index (χ3v) is 4.90. The summed E-state index contributed by atoms with van der Waals surface area (Å²) in [7, 11) is 4.74. The van der Waals surface area contributed by atoms with Gasteiger partial charge in [-0.1, -0.05) is 12.1 Å². The number of halogens is 1. The van der Waals surface area contributed by atoms with Crippen LogP contribution in [-0.4, -0.2) is 32.2 Å². The van der Waals surface area contributed by atoms with Gasteiger partial charge in [0, 0.05) is 24.4 Å². The first kappa shape index (κ1) is 17.9. The molecule has 0 aliphatic heterocycles. The molecule has 5 nitrogen and oxygen atoms in total. The van der Waals surface area contributed by atoms with E-state index in [4.69, 9.17) is 9.47 Å². The Bertz CT molecular complexity index is 942. The maximum Gasteiger partial charge on any atom is 0.269 e. The van der Waals surface area contributed by atoms with E-state index in [1.54, 1.807) is 50.6 Å². The number of thiazole rings is 1. The van der Waals surface area contributed by atoms with Gasteiger partial charge in [0.05, 0.1) is 20.4 Å². The van der Waals surface area contributed by atoms with Crippen LogP contribution in [0, 0.1) is 5.82 Å². The summed E-state index contributed by atoms with van der Waals surface area (Å²) >= 11 is 1.15. The first-order chi connectivity index (χ1) is 12.5. The number of carbonyl (C=O) groups excluding carboxylic acids is 1. The molecule has 7 heteroatoms. The third-order valence-electron chi connectivity index (χ3n) is 3.88. The number of nitrogens with zero attached hydrogens (tertiary/aromatic N) is 2. The average Bonchev–Trinajstić information content (AvgIpc) is 3.16. The number of hydrogen-bond donors (Lipinski definition) is 0. The first-order valence-electron chi connectivity index (χ1n) is 7.76. The normalized spacial score (nSPS) is 10.5. The summed E-state index contributed by atoms with van der Waals surface area (Å²) in [6, 6.07) is 11.6. The number of benzene rings is 2. The molecule has 0 fully saturated rings. The molecule has 1 aromatic heterocycles. The topological polar surface area (TPSA) is 51.7 Å². The number of rotatable bonds is 5. The molecule has 134 valence electrons. The minimum atomic E-state index is -0.367. The quantitative estimate of drug-likeness (QED) is 0.672. The Morgan fingerprint density at radius 2 is 1.85 bits per heavy atom. The van der Waals surface area contributed by atoms with Gasteiger partial charge in [-0.15, -0.1) is 11.3 Å². The van der Waals surface area contributed by atoms with E-state index in [9.17, 15) is 9.18 Å². The Morgan fingerprint density at radius 1 is 1.12 bits per heavy atom. The molecule has 0 aliphatic carbocycles. The van der Waals surface area contributed by atoms with E-state index in [1.165, 1.54) is 24.3 Å². The lowest BCUT2D eigenvalue weighted by Crippen LogP contribution is -2.25. The number of ether oxygens (including phenoxy) is 2. The molecule has 0 radical (unpaired) electrons. The van der Waals surface area contributed by atoms with Crippen molar-refractivity contribution in [3.63, 3.8) is 0 Å². The highest BCUT2D eigenvalue weighted by molar-refractivity contribution is 7.17. The van der Waals surface area contributed by atoms with E-state index in [2.05, 4.69) is 4.98 Å². The third kappa shape index (κ3) is 3.39. The van der Waals surface area contributed by atoms with E-state index in [1.807, 2.05) is 0 Å². The fourth-order valence-corrected chi connectivity index (χ4v) is 3.37. The Balaban J connectivity index is 1.87. The second kappa shape index (κ2) is 7.53. The SMILES string of the molecule is COc1ccc(N(C)C(=O)c2cnc(-c3ccccc3F)s2)cc1OC. The van der Waals surface area contributed by atoms with Gasteiger partial charge in [-0.3, -0.25) is 4.79 Å². The van der Waals surface area contributed by atoms with Gasteiger partial charge < -0.3 is 14.4 Å². The number of carbonyl (C=O) groups is 1. The van der Waals surface area contributed by atoms with Gasteiger partial charge in [0.2, 0.25) is 0 Å². The van der Waals surface area contributed by atoms with Gasteiger partial charge in [-0.2, -0.15) is 0 Å². The van der Waals surface area contributed by atoms with E-state index in [0.717, 1.165) is 11.3 Å².